The fourth-order valence-electron chi connectivity index (χ4n) is 2.86. The molecule has 3 nitrogen and oxygen atoms in total. The first-order valence-corrected chi connectivity index (χ1v) is 8.32. The monoisotopic (exact) mass is 287 g/mol. The summed E-state index contributed by atoms with van der Waals surface area (Å²) >= 11 is 1.77. The van der Waals surface area contributed by atoms with Crippen LogP contribution in [0.3, 0.4) is 0 Å². The van der Waals surface area contributed by atoms with Crippen LogP contribution in [0.25, 0.3) is 0 Å². The number of hydrogen-bond acceptors (Lipinski definition) is 3. The first-order valence-electron chi connectivity index (χ1n) is 7.33. The maximum absolute atomic E-state index is 4.76. The highest BCUT2D eigenvalue weighted by molar-refractivity contribution is 8.14. The molecule has 0 amide bonds. The van der Waals surface area contributed by atoms with Crippen LogP contribution in [0.15, 0.2) is 28.3 Å². The van der Waals surface area contributed by atoms with Gasteiger partial charge in [0.25, 0.3) is 0 Å². The van der Waals surface area contributed by atoms with Crippen molar-refractivity contribution >= 4 is 22.6 Å². The minimum atomic E-state index is 0.517. The lowest BCUT2D eigenvalue weighted by molar-refractivity contribution is 0.703. The largest absolute Gasteiger partial charge is 0.258 e. The average molecular weight is 287 g/mol. The lowest BCUT2D eigenvalue weighted by Crippen LogP contribution is -2.27. The van der Waals surface area contributed by atoms with E-state index in [1.54, 1.807) is 11.8 Å². The van der Waals surface area contributed by atoms with Crippen molar-refractivity contribution in [1.82, 2.24) is 5.43 Å². The maximum atomic E-state index is 4.76. The second-order valence-corrected chi connectivity index (χ2v) is 6.61. The number of nitrogens with one attached hydrogen (secondary N) is 1. The highest BCUT2D eigenvalue weighted by atomic mass is 32.2. The lowest BCUT2D eigenvalue weighted by Gasteiger charge is -2.17. The molecule has 106 valence electrons. The Bertz CT molecular complexity index is 557. The van der Waals surface area contributed by atoms with Crippen molar-refractivity contribution in [3.05, 3.63) is 34.9 Å². The molecule has 1 aromatic carbocycles. The first-order chi connectivity index (χ1) is 9.72. The molecule has 1 fully saturated rings. The van der Waals surface area contributed by atoms with Crippen LogP contribution in [0.4, 0.5) is 0 Å². The Morgan fingerprint density at radius 2 is 2.05 bits per heavy atom. The number of rotatable bonds is 2. The zero-order chi connectivity index (χ0) is 13.9. The molecule has 1 N–H and O–H groups in total. The van der Waals surface area contributed by atoms with Gasteiger partial charge in [-0.2, -0.15) is 5.10 Å². The van der Waals surface area contributed by atoms with Gasteiger partial charge in [0, 0.05) is 11.3 Å². The van der Waals surface area contributed by atoms with Crippen molar-refractivity contribution in [2.45, 2.75) is 45.6 Å². The van der Waals surface area contributed by atoms with Crippen LogP contribution in [-0.2, 0) is 0 Å². The summed E-state index contributed by atoms with van der Waals surface area (Å²) in [6.07, 6.45) is 5.12. The Hall–Kier alpha value is -1.29. The summed E-state index contributed by atoms with van der Waals surface area (Å²) in [7, 11) is 0. The van der Waals surface area contributed by atoms with E-state index >= 15 is 0 Å². The number of hydrogen-bond donors (Lipinski definition) is 1. The van der Waals surface area contributed by atoms with Gasteiger partial charge in [0.05, 0.1) is 11.8 Å². The molecule has 0 saturated heterocycles. The van der Waals surface area contributed by atoms with Crippen molar-refractivity contribution in [3.63, 3.8) is 0 Å². The lowest BCUT2D eigenvalue weighted by atomic mass is 10.0. The van der Waals surface area contributed by atoms with Crippen molar-refractivity contribution in [2.75, 3.05) is 5.75 Å². The summed E-state index contributed by atoms with van der Waals surface area (Å²) < 4.78 is 0. The molecular formula is C16H21N3S. The van der Waals surface area contributed by atoms with E-state index in [9.17, 15) is 0 Å². The summed E-state index contributed by atoms with van der Waals surface area (Å²) in [5.41, 5.74) is 8.10. The number of benzene rings is 1. The Kier molecular flexibility index (Phi) is 4.10. The zero-order valence-electron chi connectivity index (χ0n) is 12.1. The molecule has 20 heavy (non-hydrogen) atoms. The van der Waals surface area contributed by atoms with Crippen LogP contribution in [0.1, 0.15) is 42.4 Å². The zero-order valence-corrected chi connectivity index (χ0v) is 13.0. The molecule has 2 aliphatic rings. The van der Waals surface area contributed by atoms with E-state index in [1.165, 1.54) is 42.4 Å². The van der Waals surface area contributed by atoms with Gasteiger partial charge in [-0.3, -0.25) is 10.4 Å². The third-order valence-corrected chi connectivity index (χ3v) is 4.84. The summed E-state index contributed by atoms with van der Waals surface area (Å²) in [5, 5.41) is 5.52. The fourth-order valence-corrected chi connectivity index (χ4v) is 3.68. The van der Waals surface area contributed by atoms with Gasteiger partial charge in [0.2, 0.25) is 0 Å². The number of nitrogens with zero attached hydrogens (tertiary/aromatic N) is 2. The van der Waals surface area contributed by atoms with Gasteiger partial charge in [-0.25, -0.2) is 0 Å². The second-order valence-electron chi connectivity index (χ2n) is 5.65. The third kappa shape index (κ3) is 3.06. The molecular weight excluding hydrogens is 266 g/mol. The minimum Gasteiger partial charge on any atom is -0.258 e. The normalized spacial score (nSPS) is 21.9. The van der Waals surface area contributed by atoms with E-state index in [-0.39, 0.29) is 0 Å². The van der Waals surface area contributed by atoms with Crippen LogP contribution >= 0.6 is 11.8 Å². The third-order valence-electron chi connectivity index (χ3n) is 3.95. The van der Waals surface area contributed by atoms with Crippen LogP contribution in [0, 0.1) is 13.8 Å². The van der Waals surface area contributed by atoms with Gasteiger partial charge < -0.3 is 0 Å². The second kappa shape index (κ2) is 6.00. The first kappa shape index (κ1) is 13.7. The van der Waals surface area contributed by atoms with Gasteiger partial charge in [0.15, 0.2) is 5.17 Å². The molecule has 0 spiro atoms. The van der Waals surface area contributed by atoms with E-state index in [0.29, 0.717) is 6.04 Å². The van der Waals surface area contributed by atoms with Crippen molar-refractivity contribution in [2.24, 2.45) is 10.1 Å². The quantitative estimate of drug-likeness (QED) is 0.901. The molecule has 1 saturated carbocycles. The summed E-state index contributed by atoms with van der Waals surface area (Å²) in [5.74, 6) is 0.905. The fraction of sp³-hybridized carbons (Fsp3) is 0.500. The molecule has 3 rings (SSSR count). The standard InChI is InChI=1S/C16H21N3S/c1-11-7-8-14(12(2)9-11)15-10-20-16(19-18-15)17-13-5-3-4-6-13/h7-9,13H,3-6,10H2,1-2H3,(H,17,19). The van der Waals surface area contributed by atoms with Gasteiger partial charge in [-0.1, -0.05) is 48.4 Å². The topological polar surface area (TPSA) is 36.8 Å². The SMILES string of the molecule is Cc1ccc(C2=NNC(=NC3CCCC3)SC2)c(C)c1. The van der Waals surface area contributed by atoms with E-state index in [4.69, 9.17) is 4.99 Å². The predicted molar refractivity (Wildman–Crippen MR) is 87.7 cm³/mol. The van der Waals surface area contributed by atoms with Gasteiger partial charge >= 0.3 is 0 Å². The Morgan fingerprint density at radius 1 is 1.25 bits per heavy atom. The molecule has 1 heterocycles. The Morgan fingerprint density at radius 3 is 2.70 bits per heavy atom. The van der Waals surface area contributed by atoms with E-state index in [0.717, 1.165) is 16.6 Å². The van der Waals surface area contributed by atoms with Crippen molar-refractivity contribution < 1.29 is 0 Å². The molecule has 0 radical (unpaired) electrons. The van der Waals surface area contributed by atoms with Crippen molar-refractivity contribution in [1.29, 1.82) is 0 Å². The summed E-state index contributed by atoms with van der Waals surface area (Å²) in [6.45, 7) is 4.27. The molecule has 0 aromatic heterocycles. The van der Waals surface area contributed by atoms with Gasteiger partial charge in [-0.05, 0) is 32.3 Å². The average Bonchev–Trinajstić information content (AvgIpc) is 2.93. The van der Waals surface area contributed by atoms with E-state index < -0.39 is 0 Å². The highest BCUT2D eigenvalue weighted by Gasteiger charge is 2.18. The van der Waals surface area contributed by atoms with Crippen molar-refractivity contribution in [3.8, 4) is 0 Å². The minimum absolute atomic E-state index is 0.517. The Labute approximate surface area is 125 Å². The van der Waals surface area contributed by atoms with Crippen LogP contribution in [0.5, 0.6) is 0 Å². The number of aliphatic imine (C=N–C) groups is 1. The maximum Gasteiger partial charge on any atom is 0.177 e. The molecule has 0 atom stereocenters. The summed E-state index contributed by atoms with van der Waals surface area (Å²) in [6, 6.07) is 7.05. The molecule has 0 bridgehead atoms. The van der Waals surface area contributed by atoms with Crippen LogP contribution in [0.2, 0.25) is 0 Å². The molecule has 0 unspecified atom stereocenters. The number of amidine groups is 1. The molecule has 1 aliphatic heterocycles. The van der Waals surface area contributed by atoms with E-state index in [2.05, 4.69) is 42.6 Å². The van der Waals surface area contributed by atoms with Crippen LogP contribution in [-0.4, -0.2) is 22.7 Å². The molecule has 1 aromatic rings. The highest BCUT2D eigenvalue weighted by Crippen LogP contribution is 2.23. The van der Waals surface area contributed by atoms with Gasteiger partial charge in [-0.15, -0.1) is 0 Å². The van der Waals surface area contributed by atoms with Gasteiger partial charge in [0.1, 0.15) is 0 Å². The molecule has 4 heteroatoms. The summed E-state index contributed by atoms with van der Waals surface area (Å²) in [4.78, 5) is 4.76. The Balaban J connectivity index is 1.73. The number of thioether (sulfide) groups is 1. The van der Waals surface area contributed by atoms with E-state index in [1.807, 2.05) is 0 Å². The smallest absolute Gasteiger partial charge is 0.177 e. The number of hydrazone groups is 1. The van der Waals surface area contributed by atoms with Crippen LogP contribution < -0.4 is 5.43 Å². The predicted octanol–water partition coefficient (Wildman–Crippen LogP) is 3.64. The molecule has 1 aliphatic carbocycles. The number of aryl methyl sites for hydroxylation is 2.